The highest BCUT2D eigenvalue weighted by molar-refractivity contribution is 6.17. The van der Waals surface area contributed by atoms with E-state index in [1.54, 1.807) is 0 Å². The Morgan fingerprint density at radius 1 is 1.17 bits per heavy atom. The Kier molecular flexibility index (Phi) is 7.86. The van der Waals surface area contributed by atoms with Crippen molar-refractivity contribution in [2.45, 2.75) is 26.7 Å². The maximum Gasteiger partial charge on any atom is 0.0639 e. The van der Waals surface area contributed by atoms with E-state index in [1.165, 1.54) is 5.56 Å². The molecule has 1 aromatic carbocycles. The standard InChI is InChI=1S/C15H24ClNO/c1-13(2)8-11-18-12-10-17-15-5-3-14(4-6-15)7-9-16/h3-6,13,17H,7-12H2,1-2H3. The molecule has 3 heteroatoms. The van der Waals surface area contributed by atoms with Crippen molar-refractivity contribution in [2.75, 3.05) is 31.0 Å². The summed E-state index contributed by atoms with van der Waals surface area (Å²) < 4.78 is 5.55. The summed E-state index contributed by atoms with van der Waals surface area (Å²) in [6.45, 7) is 6.89. The van der Waals surface area contributed by atoms with Crippen molar-refractivity contribution >= 4 is 17.3 Å². The summed E-state index contributed by atoms with van der Waals surface area (Å²) in [5.74, 6) is 1.39. The van der Waals surface area contributed by atoms with Crippen LogP contribution in [-0.4, -0.2) is 25.6 Å². The number of hydrogen-bond donors (Lipinski definition) is 1. The number of aryl methyl sites for hydroxylation is 1. The number of nitrogens with one attached hydrogen (secondary N) is 1. The van der Waals surface area contributed by atoms with E-state index >= 15 is 0 Å². The maximum atomic E-state index is 5.70. The molecule has 18 heavy (non-hydrogen) atoms. The summed E-state index contributed by atoms with van der Waals surface area (Å²) in [4.78, 5) is 0. The highest BCUT2D eigenvalue weighted by Crippen LogP contribution is 2.10. The predicted octanol–water partition coefficient (Wildman–Crippen LogP) is 3.94. The van der Waals surface area contributed by atoms with Gasteiger partial charge in [0.2, 0.25) is 0 Å². The lowest BCUT2D eigenvalue weighted by molar-refractivity contribution is 0.132. The van der Waals surface area contributed by atoms with E-state index in [2.05, 4.69) is 43.4 Å². The van der Waals surface area contributed by atoms with Crippen LogP contribution in [-0.2, 0) is 11.2 Å². The molecule has 0 bridgehead atoms. The summed E-state index contributed by atoms with van der Waals surface area (Å²) in [6.07, 6.45) is 2.06. The van der Waals surface area contributed by atoms with E-state index < -0.39 is 0 Å². The number of halogens is 1. The number of alkyl halides is 1. The molecule has 0 aromatic heterocycles. The van der Waals surface area contributed by atoms with Crippen LogP contribution in [0.25, 0.3) is 0 Å². The lowest BCUT2D eigenvalue weighted by atomic mass is 10.1. The summed E-state index contributed by atoms with van der Waals surface area (Å²) in [6, 6.07) is 8.42. The fraction of sp³-hybridized carbons (Fsp3) is 0.600. The molecular formula is C15H24ClNO. The van der Waals surface area contributed by atoms with Crippen LogP contribution >= 0.6 is 11.6 Å². The molecule has 0 fully saturated rings. The lowest BCUT2D eigenvalue weighted by Crippen LogP contribution is -2.10. The summed E-state index contributed by atoms with van der Waals surface area (Å²) in [5.41, 5.74) is 2.42. The Balaban J connectivity index is 2.11. The molecule has 1 rings (SSSR count). The molecule has 1 aromatic rings. The Bertz CT molecular complexity index is 311. The van der Waals surface area contributed by atoms with Gasteiger partial charge in [-0.25, -0.2) is 0 Å². The van der Waals surface area contributed by atoms with Gasteiger partial charge in [-0.15, -0.1) is 11.6 Å². The van der Waals surface area contributed by atoms with Gasteiger partial charge in [0.1, 0.15) is 0 Å². The lowest BCUT2D eigenvalue weighted by Gasteiger charge is -2.09. The normalized spacial score (nSPS) is 10.9. The number of rotatable bonds is 9. The van der Waals surface area contributed by atoms with E-state index in [4.69, 9.17) is 16.3 Å². The molecule has 0 unspecified atom stereocenters. The Labute approximate surface area is 116 Å². The minimum Gasteiger partial charge on any atom is -0.383 e. The second-order valence-electron chi connectivity index (χ2n) is 4.86. The van der Waals surface area contributed by atoms with Crippen LogP contribution < -0.4 is 5.32 Å². The largest absolute Gasteiger partial charge is 0.383 e. The van der Waals surface area contributed by atoms with Gasteiger partial charge in [-0.05, 0) is 36.5 Å². The van der Waals surface area contributed by atoms with Crippen LogP contribution in [0.15, 0.2) is 24.3 Å². The molecular weight excluding hydrogens is 246 g/mol. The number of hydrogen-bond acceptors (Lipinski definition) is 2. The third kappa shape index (κ3) is 6.87. The molecule has 1 N–H and O–H groups in total. The average molecular weight is 270 g/mol. The Hall–Kier alpha value is -0.730. The molecule has 2 nitrogen and oxygen atoms in total. The van der Waals surface area contributed by atoms with Gasteiger partial charge in [0.15, 0.2) is 0 Å². The van der Waals surface area contributed by atoms with E-state index in [0.717, 1.165) is 38.3 Å². The van der Waals surface area contributed by atoms with Crippen molar-refractivity contribution in [3.05, 3.63) is 29.8 Å². The average Bonchev–Trinajstić information content (AvgIpc) is 2.35. The van der Waals surface area contributed by atoms with Crippen LogP contribution in [0, 0.1) is 5.92 Å². The predicted molar refractivity (Wildman–Crippen MR) is 79.6 cm³/mol. The third-order valence-electron chi connectivity index (χ3n) is 2.75. The van der Waals surface area contributed by atoms with Gasteiger partial charge >= 0.3 is 0 Å². The Morgan fingerprint density at radius 3 is 2.50 bits per heavy atom. The van der Waals surface area contributed by atoms with E-state index in [0.29, 0.717) is 11.8 Å². The fourth-order valence-corrected chi connectivity index (χ4v) is 1.81. The monoisotopic (exact) mass is 269 g/mol. The quantitative estimate of drug-likeness (QED) is 0.542. The molecule has 0 atom stereocenters. The smallest absolute Gasteiger partial charge is 0.0639 e. The minimum absolute atomic E-state index is 0.677. The zero-order valence-electron chi connectivity index (χ0n) is 11.4. The Morgan fingerprint density at radius 2 is 1.89 bits per heavy atom. The van der Waals surface area contributed by atoms with Gasteiger partial charge in [0.05, 0.1) is 6.61 Å². The molecule has 0 radical (unpaired) electrons. The van der Waals surface area contributed by atoms with Crippen molar-refractivity contribution < 1.29 is 4.74 Å². The van der Waals surface area contributed by atoms with Crippen LogP contribution in [0.3, 0.4) is 0 Å². The molecule has 0 aliphatic carbocycles. The van der Waals surface area contributed by atoms with Gasteiger partial charge in [0, 0.05) is 24.7 Å². The number of ether oxygens (including phenoxy) is 1. The fourth-order valence-electron chi connectivity index (χ4n) is 1.59. The van der Waals surface area contributed by atoms with Crippen LogP contribution in [0.2, 0.25) is 0 Å². The van der Waals surface area contributed by atoms with Gasteiger partial charge in [-0.1, -0.05) is 26.0 Å². The van der Waals surface area contributed by atoms with Gasteiger partial charge in [-0.2, -0.15) is 0 Å². The SMILES string of the molecule is CC(C)CCOCCNc1ccc(CCCl)cc1. The summed E-state index contributed by atoms with van der Waals surface area (Å²) in [7, 11) is 0. The second-order valence-corrected chi connectivity index (χ2v) is 5.24. The molecule has 0 aliphatic rings. The van der Waals surface area contributed by atoms with Crippen molar-refractivity contribution in [3.8, 4) is 0 Å². The zero-order valence-corrected chi connectivity index (χ0v) is 12.2. The van der Waals surface area contributed by atoms with Crippen molar-refractivity contribution in [1.29, 1.82) is 0 Å². The van der Waals surface area contributed by atoms with Gasteiger partial charge in [0.25, 0.3) is 0 Å². The highest BCUT2D eigenvalue weighted by atomic mass is 35.5. The molecule has 0 amide bonds. The first-order chi connectivity index (χ1) is 8.72. The third-order valence-corrected chi connectivity index (χ3v) is 2.94. The van der Waals surface area contributed by atoms with Crippen LogP contribution in [0.4, 0.5) is 5.69 Å². The van der Waals surface area contributed by atoms with Gasteiger partial charge < -0.3 is 10.1 Å². The highest BCUT2D eigenvalue weighted by Gasteiger charge is 1.96. The molecule has 0 aliphatic heterocycles. The van der Waals surface area contributed by atoms with Crippen molar-refractivity contribution in [1.82, 2.24) is 0 Å². The molecule has 102 valence electrons. The number of benzene rings is 1. The van der Waals surface area contributed by atoms with Crippen molar-refractivity contribution in [2.24, 2.45) is 5.92 Å². The molecule has 0 saturated heterocycles. The molecule has 0 spiro atoms. The van der Waals surface area contributed by atoms with Crippen LogP contribution in [0.1, 0.15) is 25.8 Å². The molecule has 0 saturated carbocycles. The first-order valence-electron chi connectivity index (χ1n) is 6.69. The van der Waals surface area contributed by atoms with Gasteiger partial charge in [-0.3, -0.25) is 0 Å². The number of anilines is 1. The zero-order chi connectivity index (χ0) is 13.2. The summed E-state index contributed by atoms with van der Waals surface area (Å²) in [5, 5.41) is 3.34. The topological polar surface area (TPSA) is 21.3 Å². The van der Waals surface area contributed by atoms with E-state index in [1.807, 2.05) is 0 Å². The molecule has 0 heterocycles. The van der Waals surface area contributed by atoms with Crippen LogP contribution in [0.5, 0.6) is 0 Å². The minimum atomic E-state index is 0.677. The first kappa shape index (κ1) is 15.3. The second kappa shape index (κ2) is 9.23. The maximum absolute atomic E-state index is 5.70. The van der Waals surface area contributed by atoms with E-state index in [9.17, 15) is 0 Å². The van der Waals surface area contributed by atoms with Crippen molar-refractivity contribution in [3.63, 3.8) is 0 Å². The first-order valence-corrected chi connectivity index (χ1v) is 7.22. The van der Waals surface area contributed by atoms with E-state index in [-0.39, 0.29) is 0 Å². The summed E-state index contributed by atoms with van der Waals surface area (Å²) >= 11 is 5.70.